The zero-order chi connectivity index (χ0) is 16.2. The largest absolute Gasteiger partial charge is 0.459 e. The summed E-state index contributed by atoms with van der Waals surface area (Å²) in [6.45, 7) is 5.29. The minimum absolute atomic E-state index is 0.0643. The maximum absolute atomic E-state index is 12.7. The van der Waals surface area contributed by atoms with Gasteiger partial charge in [-0.3, -0.25) is 9.69 Å². The van der Waals surface area contributed by atoms with Crippen LogP contribution in [0.1, 0.15) is 17.5 Å². The van der Waals surface area contributed by atoms with Gasteiger partial charge in [0.2, 0.25) is 0 Å². The van der Waals surface area contributed by atoms with Gasteiger partial charge in [0.25, 0.3) is 5.91 Å². The van der Waals surface area contributed by atoms with E-state index >= 15 is 0 Å². The van der Waals surface area contributed by atoms with Crippen molar-refractivity contribution in [3.8, 4) is 11.1 Å². The zero-order valence-corrected chi connectivity index (χ0v) is 13.3. The Labute approximate surface area is 136 Å². The van der Waals surface area contributed by atoms with Gasteiger partial charge in [0.1, 0.15) is 0 Å². The molecule has 2 heterocycles. The van der Waals surface area contributed by atoms with Crippen molar-refractivity contribution in [3.63, 3.8) is 0 Å². The van der Waals surface area contributed by atoms with Crippen LogP contribution in [0.4, 0.5) is 0 Å². The molecule has 1 aromatic heterocycles. The highest BCUT2D eigenvalue weighted by Crippen LogP contribution is 2.26. The molecule has 5 heteroatoms. The van der Waals surface area contributed by atoms with Gasteiger partial charge in [0, 0.05) is 38.3 Å². The third-order valence-electron chi connectivity index (χ3n) is 4.13. The molecule has 0 bridgehead atoms. The second kappa shape index (κ2) is 6.98. The van der Waals surface area contributed by atoms with Gasteiger partial charge in [-0.05, 0) is 18.6 Å². The lowest BCUT2D eigenvalue weighted by atomic mass is 10.1. The normalized spacial score (nSPS) is 17.2. The number of aliphatic hydroxyl groups excluding tert-OH is 1. The average Bonchev–Trinajstić information content (AvgIpc) is 3.05. The number of piperazine rings is 1. The van der Waals surface area contributed by atoms with Crippen LogP contribution in [0.3, 0.4) is 0 Å². The molecule has 5 nitrogen and oxygen atoms in total. The molecule has 0 radical (unpaired) electrons. The summed E-state index contributed by atoms with van der Waals surface area (Å²) < 4.78 is 5.48. The van der Waals surface area contributed by atoms with Gasteiger partial charge in [0.05, 0.1) is 12.4 Å². The van der Waals surface area contributed by atoms with E-state index in [2.05, 4.69) is 4.90 Å². The third-order valence-corrected chi connectivity index (χ3v) is 4.13. The molecule has 1 unspecified atom stereocenters. The summed E-state index contributed by atoms with van der Waals surface area (Å²) in [5.41, 5.74) is 1.82. The average molecular weight is 314 g/mol. The summed E-state index contributed by atoms with van der Waals surface area (Å²) >= 11 is 0. The Bertz CT molecular complexity index is 643. The Morgan fingerprint density at radius 1 is 1.17 bits per heavy atom. The molecule has 0 aliphatic carbocycles. The number of amides is 1. The van der Waals surface area contributed by atoms with Crippen molar-refractivity contribution < 1.29 is 14.3 Å². The van der Waals surface area contributed by atoms with Gasteiger partial charge in [-0.1, -0.05) is 30.3 Å². The van der Waals surface area contributed by atoms with Crippen molar-refractivity contribution in [2.75, 3.05) is 32.7 Å². The maximum Gasteiger partial charge on any atom is 0.290 e. The van der Waals surface area contributed by atoms with Crippen LogP contribution in [0.25, 0.3) is 11.1 Å². The fraction of sp³-hybridized carbons (Fsp3) is 0.389. The first kappa shape index (κ1) is 15.8. The smallest absolute Gasteiger partial charge is 0.290 e. The van der Waals surface area contributed by atoms with Crippen molar-refractivity contribution in [1.29, 1.82) is 0 Å². The van der Waals surface area contributed by atoms with Crippen LogP contribution in [-0.2, 0) is 0 Å². The molecule has 1 saturated heterocycles. The second-order valence-electron chi connectivity index (χ2n) is 5.97. The predicted octanol–water partition coefficient (Wildman–Crippen LogP) is 2.09. The fourth-order valence-electron chi connectivity index (χ4n) is 2.97. The Kier molecular flexibility index (Phi) is 4.79. The molecule has 1 N–H and O–H groups in total. The molecule has 0 spiro atoms. The lowest BCUT2D eigenvalue weighted by molar-refractivity contribution is 0.0529. The molecule has 1 aromatic carbocycles. The molecule has 2 aromatic rings. The monoisotopic (exact) mass is 314 g/mol. The summed E-state index contributed by atoms with van der Waals surface area (Å²) in [6, 6.07) is 11.6. The summed E-state index contributed by atoms with van der Waals surface area (Å²) in [5.74, 6) is 0.339. The zero-order valence-electron chi connectivity index (χ0n) is 13.3. The van der Waals surface area contributed by atoms with E-state index in [0.29, 0.717) is 25.4 Å². The van der Waals surface area contributed by atoms with Crippen molar-refractivity contribution in [3.05, 3.63) is 48.4 Å². The van der Waals surface area contributed by atoms with E-state index in [-0.39, 0.29) is 12.0 Å². The van der Waals surface area contributed by atoms with Crippen LogP contribution in [0, 0.1) is 0 Å². The van der Waals surface area contributed by atoms with E-state index in [0.717, 1.165) is 24.2 Å². The van der Waals surface area contributed by atoms with E-state index in [1.54, 1.807) is 13.2 Å². The minimum atomic E-state index is -0.341. The lowest BCUT2D eigenvalue weighted by Gasteiger charge is -2.34. The second-order valence-corrected chi connectivity index (χ2v) is 5.97. The van der Waals surface area contributed by atoms with E-state index in [4.69, 9.17) is 4.42 Å². The van der Waals surface area contributed by atoms with Crippen LogP contribution in [-0.4, -0.2) is 59.6 Å². The first-order chi connectivity index (χ1) is 11.1. The van der Waals surface area contributed by atoms with E-state index in [1.807, 2.05) is 41.3 Å². The number of nitrogens with zero attached hydrogens (tertiary/aromatic N) is 2. The number of aliphatic hydroxyl groups is 1. The van der Waals surface area contributed by atoms with Crippen LogP contribution in [0.2, 0.25) is 0 Å². The molecule has 3 rings (SSSR count). The fourth-order valence-corrected chi connectivity index (χ4v) is 2.97. The summed E-state index contributed by atoms with van der Waals surface area (Å²) in [4.78, 5) is 16.7. The van der Waals surface area contributed by atoms with Crippen LogP contribution in [0.15, 0.2) is 47.1 Å². The number of furan rings is 1. The summed E-state index contributed by atoms with van der Waals surface area (Å²) in [5, 5.41) is 9.46. The number of benzene rings is 1. The van der Waals surface area contributed by atoms with Crippen molar-refractivity contribution in [2.45, 2.75) is 13.0 Å². The topological polar surface area (TPSA) is 56.9 Å². The first-order valence-corrected chi connectivity index (χ1v) is 7.98. The molecule has 1 amide bonds. The Balaban J connectivity index is 1.70. The molecular formula is C18H22N2O3. The number of rotatable bonds is 4. The Hall–Kier alpha value is -2.11. The van der Waals surface area contributed by atoms with E-state index in [1.165, 1.54) is 0 Å². The van der Waals surface area contributed by atoms with Gasteiger partial charge < -0.3 is 14.4 Å². The molecule has 1 aliphatic heterocycles. The third kappa shape index (κ3) is 3.63. The van der Waals surface area contributed by atoms with Gasteiger partial charge in [-0.15, -0.1) is 0 Å². The number of hydrogen-bond acceptors (Lipinski definition) is 4. The molecule has 23 heavy (non-hydrogen) atoms. The standard InChI is InChI=1S/C18H22N2O3/c1-14(21)13-19-8-10-20(11-9-19)18(22)17-16(7-12-23-17)15-5-3-2-4-6-15/h2-7,12,14,21H,8-11,13H2,1H3. The first-order valence-electron chi connectivity index (χ1n) is 7.98. The van der Waals surface area contributed by atoms with Crippen LogP contribution >= 0.6 is 0 Å². The van der Waals surface area contributed by atoms with Crippen molar-refractivity contribution in [1.82, 2.24) is 9.80 Å². The molecule has 1 atom stereocenters. The highest BCUT2D eigenvalue weighted by Gasteiger charge is 2.26. The highest BCUT2D eigenvalue weighted by atomic mass is 16.3. The van der Waals surface area contributed by atoms with Gasteiger partial charge >= 0.3 is 0 Å². The minimum Gasteiger partial charge on any atom is -0.459 e. The molecular weight excluding hydrogens is 292 g/mol. The van der Waals surface area contributed by atoms with Crippen LogP contribution < -0.4 is 0 Å². The molecule has 122 valence electrons. The quantitative estimate of drug-likeness (QED) is 0.939. The predicted molar refractivity (Wildman–Crippen MR) is 88.2 cm³/mol. The van der Waals surface area contributed by atoms with E-state index in [9.17, 15) is 9.90 Å². The van der Waals surface area contributed by atoms with Gasteiger partial charge in [0.15, 0.2) is 5.76 Å². The number of carbonyl (C=O) groups excluding carboxylic acids is 1. The highest BCUT2D eigenvalue weighted by molar-refractivity contribution is 5.98. The maximum atomic E-state index is 12.7. The lowest BCUT2D eigenvalue weighted by Crippen LogP contribution is -2.50. The van der Waals surface area contributed by atoms with Gasteiger partial charge in [-0.2, -0.15) is 0 Å². The summed E-state index contributed by atoms with van der Waals surface area (Å²) in [6.07, 6.45) is 1.23. The molecule has 0 saturated carbocycles. The number of β-amino-alcohol motifs (C(OH)–C–C–N with tert-alkyl or cyclic N) is 1. The summed E-state index contributed by atoms with van der Waals surface area (Å²) in [7, 11) is 0. The Morgan fingerprint density at radius 3 is 2.52 bits per heavy atom. The van der Waals surface area contributed by atoms with Crippen LogP contribution in [0.5, 0.6) is 0 Å². The molecule has 1 fully saturated rings. The number of carbonyl (C=O) groups is 1. The van der Waals surface area contributed by atoms with Crippen molar-refractivity contribution >= 4 is 5.91 Å². The molecule has 1 aliphatic rings. The SMILES string of the molecule is CC(O)CN1CCN(C(=O)c2occc2-c2ccccc2)CC1. The Morgan fingerprint density at radius 2 is 1.87 bits per heavy atom. The van der Waals surface area contributed by atoms with E-state index < -0.39 is 0 Å². The van der Waals surface area contributed by atoms with Gasteiger partial charge in [-0.25, -0.2) is 0 Å². The van der Waals surface area contributed by atoms with Crippen molar-refractivity contribution in [2.24, 2.45) is 0 Å². The number of hydrogen-bond donors (Lipinski definition) is 1.